The van der Waals surface area contributed by atoms with Gasteiger partial charge in [-0.1, -0.05) is 68.4 Å². The molecule has 26 heavy (non-hydrogen) atoms. The van der Waals surface area contributed by atoms with Crippen molar-refractivity contribution in [3.8, 4) is 0 Å². The Morgan fingerprint density at radius 2 is 1.81 bits per heavy atom. The summed E-state index contributed by atoms with van der Waals surface area (Å²) in [5.41, 5.74) is 9.79. The Morgan fingerprint density at radius 3 is 2.46 bits per heavy atom. The van der Waals surface area contributed by atoms with Crippen LogP contribution in [-0.4, -0.2) is 24.1 Å². The van der Waals surface area contributed by atoms with E-state index < -0.39 is 0 Å². The van der Waals surface area contributed by atoms with Crippen LogP contribution in [0, 0.1) is 0 Å². The van der Waals surface area contributed by atoms with Crippen LogP contribution in [0.3, 0.4) is 0 Å². The molecule has 1 amide bonds. The molecule has 0 spiro atoms. The Balaban J connectivity index is 1.57. The molecular formula is C22H28N2O2. The molecule has 1 saturated heterocycles. The maximum Gasteiger partial charge on any atom is 0.410 e. The number of ether oxygens (including phenoxy) is 1. The second kappa shape index (κ2) is 7.92. The van der Waals surface area contributed by atoms with E-state index in [2.05, 4.69) is 38.1 Å². The fourth-order valence-electron chi connectivity index (χ4n) is 3.40. The van der Waals surface area contributed by atoms with Gasteiger partial charge in [0.15, 0.2) is 0 Å². The first-order valence-corrected chi connectivity index (χ1v) is 9.33. The van der Waals surface area contributed by atoms with Gasteiger partial charge < -0.3 is 15.4 Å². The van der Waals surface area contributed by atoms with Crippen molar-refractivity contribution in [3.63, 3.8) is 0 Å². The normalized spacial score (nSPS) is 16.5. The smallest absolute Gasteiger partial charge is 0.410 e. The van der Waals surface area contributed by atoms with E-state index in [0.717, 1.165) is 18.4 Å². The van der Waals surface area contributed by atoms with Crippen molar-refractivity contribution in [2.45, 2.75) is 44.8 Å². The zero-order chi connectivity index (χ0) is 18.6. The van der Waals surface area contributed by atoms with Crippen molar-refractivity contribution in [1.82, 2.24) is 4.90 Å². The average Bonchev–Trinajstić information content (AvgIpc) is 2.67. The minimum absolute atomic E-state index is 0.258. The summed E-state index contributed by atoms with van der Waals surface area (Å²) in [6, 6.07) is 18.3. The Hall–Kier alpha value is -2.33. The molecular weight excluding hydrogens is 324 g/mol. The number of carbonyl (C=O) groups is 1. The second-order valence-electron chi connectivity index (χ2n) is 7.46. The summed E-state index contributed by atoms with van der Waals surface area (Å²) in [6.45, 7) is 5.92. The quantitative estimate of drug-likeness (QED) is 0.887. The van der Waals surface area contributed by atoms with Crippen LogP contribution in [-0.2, 0) is 16.9 Å². The number of rotatable bonds is 4. The lowest BCUT2D eigenvalue weighted by molar-refractivity contribution is 0.0779. The van der Waals surface area contributed by atoms with Crippen molar-refractivity contribution >= 4 is 6.09 Å². The third-order valence-corrected chi connectivity index (χ3v) is 5.25. The van der Waals surface area contributed by atoms with E-state index in [0.29, 0.717) is 25.6 Å². The summed E-state index contributed by atoms with van der Waals surface area (Å²) in [6.07, 6.45) is 1.23. The molecule has 0 saturated carbocycles. The van der Waals surface area contributed by atoms with Gasteiger partial charge >= 0.3 is 6.09 Å². The lowest BCUT2D eigenvalue weighted by Crippen LogP contribution is -2.49. The van der Waals surface area contributed by atoms with Crippen LogP contribution in [0.1, 0.15) is 49.3 Å². The van der Waals surface area contributed by atoms with Crippen LogP contribution in [0.5, 0.6) is 0 Å². The van der Waals surface area contributed by atoms with Gasteiger partial charge in [0, 0.05) is 18.6 Å². The number of nitrogens with two attached hydrogens (primary N) is 1. The zero-order valence-corrected chi connectivity index (χ0v) is 15.7. The highest BCUT2D eigenvalue weighted by molar-refractivity contribution is 5.67. The van der Waals surface area contributed by atoms with E-state index in [1.807, 2.05) is 30.3 Å². The molecule has 0 unspecified atom stereocenters. The Kier molecular flexibility index (Phi) is 5.62. The molecule has 1 aliphatic heterocycles. The van der Waals surface area contributed by atoms with Crippen molar-refractivity contribution in [2.24, 2.45) is 5.73 Å². The lowest BCUT2D eigenvalue weighted by atomic mass is 9.81. The summed E-state index contributed by atoms with van der Waals surface area (Å²) in [7, 11) is 0. The van der Waals surface area contributed by atoms with Crippen molar-refractivity contribution in [2.75, 3.05) is 13.1 Å². The summed E-state index contributed by atoms with van der Waals surface area (Å²) in [5, 5.41) is 0. The highest BCUT2D eigenvalue weighted by Gasteiger charge is 2.34. The number of piperidine rings is 1. The summed E-state index contributed by atoms with van der Waals surface area (Å²) in [4.78, 5) is 14.1. The molecule has 1 fully saturated rings. The van der Waals surface area contributed by atoms with Crippen LogP contribution < -0.4 is 5.73 Å². The van der Waals surface area contributed by atoms with Crippen LogP contribution in [0.2, 0.25) is 0 Å². The first-order valence-electron chi connectivity index (χ1n) is 9.33. The van der Waals surface area contributed by atoms with E-state index in [9.17, 15) is 4.79 Å². The molecule has 2 N–H and O–H groups in total. The Bertz CT molecular complexity index is 735. The summed E-state index contributed by atoms with van der Waals surface area (Å²) >= 11 is 0. The Morgan fingerprint density at radius 1 is 1.12 bits per heavy atom. The highest BCUT2D eigenvalue weighted by Crippen LogP contribution is 2.32. The van der Waals surface area contributed by atoms with E-state index in [1.165, 1.54) is 11.1 Å². The zero-order valence-electron chi connectivity index (χ0n) is 15.7. The number of hydrogen-bond donors (Lipinski definition) is 1. The van der Waals surface area contributed by atoms with Crippen LogP contribution in [0.4, 0.5) is 4.79 Å². The molecule has 0 atom stereocenters. The summed E-state index contributed by atoms with van der Waals surface area (Å²) in [5.74, 6) is 0.478. The number of nitrogens with zero attached hydrogens (tertiary/aromatic N) is 1. The SMILES string of the molecule is CC(C)c1cccc(C2(N)CCN(C(=O)OCc3ccccc3)CC2)c1. The maximum atomic E-state index is 12.3. The van der Waals surface area contributed by atoms with Crippen molar-refractivity contribution in [3.05, 3.63) is 71.3 Å². The molecule has 1 aliphatic rings. The predicted octanol–water partition coefficient (Wildman–Crippen LogP) is 4.40. The minimum atomic E-state index is -0.374. The van der Waals surface area contributed by atoms with Crippen molar-refractivity contribution < 1.29 is 9.53 Å². The van der Waals surface area contributed by atoms with Gasteiger partial charge in [-0.25, -0.2) is 4.79 Å². The topological polar surface area (TPSA) is 55.6 Å². The molecule has 0 radical (unpaired) electrons. The van der Waals surface area contributed by atoms with Gasteiger partial charge in [0.1, 0.15) is 6.61 Å². The first-order chi connectivity index (χ1) is 12.5. The number of benzene rings is 2. The monoisotopic (exact) mass is 352 g/mol. The Labute approximate surface area is 156 Å². The number of likely N-dealkylation sites (tertiary alicyclic amines) is 1. The maximum absolute atomic E-state index is 12.3. The molecule has 0 aliphatic carbocycles. The molecule has 2 aromatic rings. The molecule has 4 nitrogen and oxygen atoms in total. The molecule has 4 heteroatoms. The molecule has 0 aromatic heterocycles. The molecule has 0 bridgehead atoms. The lowest BCUT2D eigenvalue weighted by Gasteiger charge is -2.39. The molecule has 3 rings (SSSR count). The van der Waals surface area contributed by atoms with Crippen LogP contribution in [0.15, 0.2) is 54.6 Å². The van der Waals surface area contributed by atoms with Crippen molar-refractivity contribution in [1.29, 1.82) is 0 Å². The van der Waals surface area contributed by atoms with Crippen LogP contribution in [0.25, 0.3) is 0 Å². The van der Waals surface area contributed by atoms with Gasteiger partial charge in [0.05, 0.1) is 0 Å². The van der Waals surface area contributed by atoms with E-state index in [4.69, 9.17) is 10.5 Å². The number of amides is 1. The van der Waals surface area contributed by atoms with Gasteiger partial charge in [-0.15, -0.1) is 0 Å². The van der Waals surface area contributed by atoms with Gasteiger partial charge in [-0.2, -0.15) is 0 Å². The van der Waals surface area contributed by atoms with E-state index in [1.54, 1.807) is 4.90 Å². The third-order valence-electron chi connectivity index (χ3n) is 5.25. The number of carbonyl (C=O) groups excluding carboxylic acids is 1. The fourth-order valence-corrected chi connectivity index (χ4v) is 3.40. The second-order valence-corrected chi connectivity index (χ2v) is 7.46. The molecule has 2 aromatic carbocycles. The number of hydrogen-bond acceptors (Lipinski definition) is 3. The third kappa shape index (κ3) is 4.25. The standard InChI is InChI=1S/C22H28N2O2/c1-17(2)19-9-6-10-20(15-19)22(23)11-13-24(14-12-22)21(25)26-16-18-7-4-3-5-8-18/h3-10,15,17H,11-14,16,23H2,1-2H3. The fraction of sp³-hybridized carbons (Fsp3) is 0.409. The largest absolute Gasteiger partial charge is 0.445 e. The van der Waals surface area contributed by atoms with Gasteiger partial charge in [0.25, 0.3) is 0 Å². The molecule has 138 valence electrons. The summed E-state index contributed by atoms with van der Waals surface area (Å²) < 4.78 is 5.44. The average molecular weight is 352 g/mol. The molecule has 1 heterocycles. The van der Waals surface area contributed by atoms with Gasteiger partial charge in [-0.3, -0.25) is 0 Å². The van der Waals surface area contributed by atoms with Gasteiger partial charge in [0.2, 0.25) is 0 Å². The minimum Gasteiger partial charge on any atom is -0.445 e. The van der Waals surface area contributed by atoms with E-state index >= 15 is 0 Å². The first kappa shape index (κ1) is 18.5. The van der Waals surface area contributed by atoms with Crippen LogP contribution >= 0.6 is 0 Å². The van der Waals surface area contributed by atoms with E-state index in [-0.39, 0.29) is 11.6 Å². The highest BCUT2D eigenvalue weighted by atomic mass is 16.6. The van der Waals surface area contributed by atoms with Gasteiger partial charge in [-0.05, 0) is 35.4 Å². The predicted molar refractivity (Wildman–Crippen MR) is 104 cm³/mol.